The number of nitrogens with zero attached hydrogens (tertiary/aromatic N) is 1. The molecule has 0 spiro atoms. The molecule has 1 heterocycles. The maximum Gasteiger partial charge on any atom is 0.287 e. The van der Waals surface area contributed by atoms with E-state index in [-0.39, 0.29) is 11.9 Å². The van der Waals surface area contributed by atoms with Crippen molar-refractivity contribution in [1.82, 2.24) is 15.3 Å². The maximum atomic E-state index is 12.9. The number of hydrogen-bond donors (Lipinski definition) is 2. The quantitative estimate of drug-likeness (QED) is 0.407. The summed E-state index contributed by atoms with van der Waals surface area (Å²) in [5.74, 6) is 0.186. The number of aromatic nitrogens is 2. The minimum absolute atomic E-state index is 0.155. The monoisotopic (exact) mass is 475 g/mol. The van der Waals surface area contributed by atoms with Crippen LogP contribution in [0.1, 0.15) is 54.0 Å². The van der Waals surface area contributed by atoms with E-state index in [1.165, 1.54) is 6.42 Å². The standard InChI is InChI=1S/C24H24Cl3N3O/c25-17-10-7-16(8-11-17)22-21(13-9-15-6-12-18(26)14-20(15)27)29-23(30-22)24(31)28-19-4-2-1-3-5-19/h6-8,10-12,14,19H,1-5,9,13H2,(H,28,31)(H,29,30). The molecule has 2 N–H and O–H groups in total. The van der Waals surface area contributed by atoms with Crippen molar-refractivity contribution in [3.63, 3.8) is 0 Å². The van der Waals surface area contributed by atoms with Gasteiger partial charge in [0.05, 0.1) is 5.69 Å². The number of benzene rings is 2. The molecule has 0 unspecified atom stereocenters. The Bertz CT molecular complexity index is 1060. The Kier molecular flexibility index (Phi) is 7.21. The summed E-state index contributed by atoms with van der Waals surface area (Å²) in [6, 6.07) is 13.2. The summed E-state index contributed by atoms with van der Waals surface area (Å²) < 4.78 is 0. The Morgan fingerprint density at radius 1 is 0.968 bits per heavy atom. The average Bonchev–Trinajstić information content (AvgIpc) is 3.19. The number of H-pyrrole nitrogens is 1. The van der Waals surface area contributed by atoms with E-state index in [1.54, 1.807) is 6.07 Å². The first-order valence-electron chi connectivity index (χ1n) is 10.6. The summed E-state index contributed by atoms with van der Waals surface area (Å²) in [5.41, 5.74) is 3.56. The molecule has 1 amide bonds. The van der Waals surface area contributed by atoms with Gasteiger partial charge in [-0.25, -0.2) is 4.98 Å². The van der Waals surface area contributed by atoms with E-state index in [4.69, 9.17) is 34.8 Å². The molecule has 7 heteroatoms. The summed E-state index contributed by atoms with van der Waals surface area (Å²) in [7, 11) is 0. The van der Waals surface area contributed by atoms with Crippen molar-refractivity contribution < 1.29 is 4.79 Å². The second-order valence-corrected chi connectivity index (χ2v) is 9.24. The number of aryl methyl sites for hydroxylation is 2. The summed E-state index contributed by atoms with van der Waals surface area (Å²) in [4.78, 5) is 20.8. The Morgan fingerprint density at radius 3 is 2.39 bits per heavy atom. The molecule has 4 nitrogen and oxygen atoms in total. The fourth-order valence-corrected chi connectivity index (χ4v) is 4.66. The number of rotatable bonds is 6. The van der Waals surface area contributed by atoms with Crippen molar-refractivity contribution in [2.24, 2.45) is 0 Å². The van der Waals surface area contributed by atoms with Gasteiger partial charge in [-0.05, 0) is 55.5 Å². The number of halogens is 3. The number of hydrogen-bond acceptors (Lipinski definition) is 2. The molecule has 1 fully saturated rings. The molecule has 0 radical (unpaired) electrons. The van der Waals surface area contributed by atoms with Gasteiger partial charge in [0.25, 0.3) is 5.91 Å². The molecule has 162 valence electrons. The molecular weight excluding hydrogens is 453 g/mol. The lowest BCUT2D eigenvalue weighted by Crippen LogP contribution is -2.36. The first kappa shape index (κ1) is 22.2. The highest BCUT2D eigenvalue weighted by molar-refractivity contribution is 6.35. The predicted molar refractivity (Wildman–Crippen MR) is 127 cm³/mol. The molecule has 1 aromatic heterocycles. The van der Waals surface area contributed by atoms with Gasteiger partial charge in [-0.15, -0.1) is 0 Å². The summed E-state index contributed by atoms with van der Waals surface area (Å²) >= 11 is 18.4. The third-order valence-corrected chi connectivity index (χ3v) is 6.55. The fourth-order valence-electron chi connectivity index (χ4n) is 4.03. The predicted octanol–water partition coefficient (Wildman–Crippen LogP) is 6.88. The van der Waals surface area contributed by atoms with E-state index in [0.29, 0.717) is 33.7 Å². The molecule has 4 rings (SSSR count). The number of aromatic amines is 1. The molecule has 31 heavy (non-hydrogen) atoms. The molecule has 0 aliphatic heterocycles. The van der Waals surface area contributed by atoms with Crippen molar-refractivity contribution in [3.05, 3.63) is 74.6 Å². The van der Waals surface area contributed by atoms with Gasteiger partial charge >= 0.3 is 0 Å². The number of carbonyl (C=O) groups excluding carboxylic acids is 1. The van der Waals surface area contributed by atoms with Crippen LogP contribution in [0.25, 0.3) is 11.3 Å². The molecule has 1 saturated carbocycles. The molecule has 1 aliphatic carbocycles. The van der Waals surface area contributed by atoms with Crippen LogP contribution in [-0.4, -0.2) is 21.9 Å². The highest BCUT2D eigenvalue weighted by atomic mass is 35.5. The first-order valence-corrected chi connectivity index (χ1v) is 11.7. The van der Waals surface area contributed by atoms with E-state index < -0.39 is 0 Å². The largest absolute Gasteiger partial charge is 0.347 e. The van der Waals surface area contributed by atoms with Gasteiger partial charge in [0.1, 0.15) is 0 Å². The van der Waals surface area contributed by atoms with Crippen LogP contribution in [0.3, 0.4) is 0 Å². The SMILES string of the molecule is O=C(NC1CCCCC1)c1nc(-c2ccc(Cl)cc2)c(CCc2ccc(Cl)cc2Cl)[nH]1. The Morgan fingerprint density at radius 2 is 1.68 bits per heavy atom. The van der Waals surface area contributed by atoms with Crippen molar-refractivity contribution in [3.8, 4) is 11.3 Å². The maximum absolute atomic E-state index is 12.9. The highest BCUT2D eigenvalue weighted by Gasteiger charge is 2.21. The molecule has 1 aliphatic rings. The average molecular weight is 477 g/mol. The first-order chi connectivity index (χ1) is 15.0. The van der Waals surface area contributed by atoms with Crippen molar-refractivity contribution >= 4 is 40.7 Å². The van der Waals surface area contributed by atoms with Gasteiger partial charge in [-0.3, -0.25) is 4.79 Å². The zero-order chi connectivity index (χ0) is 21.8. The minimum atomic E-state index is -0.155. The Hall–Kier alpha value is -2.01. The normalized spacial score (nSPS) is 14.5. The lowest BCUT2D eigenvalue weighted by atomic mass is 9.95. The molecule has 0 saturated heterocycles. The van der Waals surface area contributed by atoms with E-state index in [2.05, 4.69) is 15.3 Å². The van der Waals surface area contributed by atoms with Gasteiger partial charge in [-0.2, -0.15) is 0 Å². The van der Waals surface area contributed by atoms with Crippen LogP contribution >= 0.6 is 34.8 Å². The van der Waals surface area contributed by atoms with Gasteiger partial charge in [-0.1, -0.05) is 72.3 Å². The minimum Gasteiger partial charge on any atom is -0.347 e. The van der Waals surface area contributed by atoms with E-state index in [1.807, 2.05) is 36.4 Å². The fraction of sp³-hybridized carbons (Fsp3) is 0.333. The zero-order valence-corrected chi connectivity index (χ0v) is 19.3. The molecule has 3 aromatic rings. The van der Waals surface area contributed by atoms with Gasteiger partial charge in [0.2, 0.25) is 0 Å². The van der Waals surface area contributed by atoms with Crippen LogP contribution in [0.2, 0.25) is 15.1 Å². The van der Waals surface area contributed by atoms with E-state index in [0.717, 1.165) is 48.2 Å². The van der Waals surface area contributed by atoms with Gasteiger partial charge in [0.15, 0.2) is 5.82 Å². The van der Waals surface area contributed by atoms with Gasteiger partial charge < -0.3 is 10.3 Å². The molecule has 0 atom stereocenters. The topological polar surface area (TPSA) is 57.8 Å². The van der Waals surface area contributed by atoms with Crippen LogP contribution in [0, 0.1) is 0 Å². The molecule has 0 bridgehead atoms. The van der Waals surface area contributed by atoms with Crippen LogP contribution in [-0.2, 0) is 12.8 Å². The smallest absolute Gasteiger partial charge is 0.287 e. The third kappa shape index (κ3) is 5.62. The van der Waals surface area contributed by atoms with E-state index >= 15 is 0 Å². The number of imidazole rings is 1. The summed E-state index contributed by atoms with van der Waals surface area (Å²) in [5, 5.41) is 5.04. The van der Waals surface area contributed by atoms with Crippen molar-refractivity contribution in [2.45, 2.75) is 51.0 Å². The van der Waals surface area contributed by atoms with Crippen LogP contribution in [0.5, 0.6) is 0 Å². The number of nitrogens with one attached hydrogen (secondary N) is 2. The summed E-state index contributed by atoms with van der Waals surface area (Å²) in [6.45, 7) is 0. The number of amides is 1. The van der Waals surface area contributed by atoms with Crippen LogP contribution < -0.4 is 5.32 Å². The molecular formula is C24H24Cl3N3O. The van der Waals surface area contributed by atoms with Crippen molar-refractivity contribution in [1.29, 1.82) is 0 Å². The summed E-state index contributed by atoms with van der Waals surface area (Å²) in [6.07, 6.45) is 6.96. The lowest BCUT2D eigenvalue weighted by Gasteiger charge is -2.22. The molecule has 2 aromatic carbocycles. The zero-order valence-electron chi connectivity index (χ0n) is 17.1. The van der Waals surface area contributed by atoms with Crippen molar-refractivity contribution in [2.75, 3.05) is 0 Å². The lowest BCUT2D eigenvalue weighted by molar-refractivity contribution is 0.0918. The van der Waals surface area contributed by atoms with Gasteiger partial charge in [0, 0.05) is 32.4 Å². The highest BCUT2D eigenvalue weighted by Crippen LogP contribution is 2.27. The van der Waals surface area contributed by atoms with E-state index in [9.17, 15) is 4.79 Å². The number of carbonyl (C=O) groups is 1. The second-order valence-electron chi connectivity index (χ2n) is 7.96. The Labute approximate surface area is 197 Å². The third-order valence-electron chi connectivity index (χ3n) is 5.71. The van der Waals surface area contributed by atoms with Crippen LogP contribution in [0.15, 0.2) is 42.5 Å². The Balaban J connectivity index is 1.58. The van der Waals surface area contributed by atoms with Crippen LogP contribution in [0.4, 0.5) is 0 Å². The second kappa shape index (κ2) is 10.1.